The van der Waals surface area contributed by atoms with Crippen LogP contribution in [0.3, 0.4) is 0 Å². The molecule has 0 unspecified atom stereocenters. The number of aryl methyl sites for hydroxylation is 2. The summed E-state index contributed by atoms with van der Waals surface area (Å²) in [5, 5.41) is 3.94. The highest BCUT2D eigenvalue weighted by Gasteiger charge is 2.20. The molecular formula is C27H30FN3O4. The standard InChI is InChI=1S/C27H30FN3O4/c1-19-23(20(2)35-29-19)18-34-25-10-8-21(16-26(25)33-3)9-11-27(32)31-14-12-30(13-15-31)17-22-6-4-5-7-24(22)28/h4-11,16H,12-15,17-18H2,1-3H3. The number of hydrogen-bond donors (Lipinski definition) is 0. The van der Waals surface area contributed by atoms with Gasteiger partial charge in [0.25, 0.3) is 0 Å². The highest BCUT2D eigenvalue weighted by atomic mass is 19.1. The molecule has 1 amide bonds. The van der Waals surface area contributed by atoms with Crippen LogP contribution in [0.25, 0.3) is 6.08 Å². The van der Waals surface area contributed by atoms with Crippen LogP contribution >= 0.6 is 0 Å². The summed E-state index contributed by atoms with van der Waals surface area (Å²) in [4.78, 5) is 16.7. The van der Waals surface area contributed by atoms with E-state index in [2.05, 4.69) is 10.1 Å². The maximum Gasteiger partial charge on any atom is 0.246 e. The van der Waals surface area contributed by atoms with Crippen LogP contribution in [0.4, 0.5) is 4.39 Å². The first-order valence-corrected chi connectivity index (χ1v) is 11.6. The van der Waals surface area contributed by atoms with E-state index in [0.29, 0.717) is 56.4 Å². The monoisotopic (exact) mass is 479 g/mol. The highest BCUT2D eigenvalue weighted by molar-refractivity contribution is 5.92. The van der Waals surface area contributed by atoms with Crippen molar-refractivity contribution in [2.45, 2.75) is 27.0 Å². The molecule has 184 valence electrons. The number of rotatable bonds is 8. The van der Waals surface area contributed by atoms with Crippen LogP contribution < -0.4 is 9.47 Å². The Bertz CT molecular complexity index is 1180. The van der Waals surface area contributed by atoms with Crippen LogP contribution in [0.2, 0.25) is 0 Å². The number of amides is 1. The third-order valence-corrected chi connectivity index (χ3v) is 6.20. The molecule has 3 aromatic rings. The van der Waals surface area contributed by atoms with E-state index in [0.717, 1.165) is 22.6 Å². The molecular weight excluding hydrogens is 449 g/mol. The Morgan fingerprint density at radius 1 is 1.11 bits per heavy atom. The van der Waals surface area contributed by atoms with Crippen molar-refractivity contribution >= 4 is 12.0 Å². The Balaban J connectivity index is 1.31. The highest BCUT2D eigenvalue weighted by Crippen LogP contribution is 2.30. The Morgan fingerprint density at radius 3 is 2.57 bits per heavy atom. The minimum atomic E-state index is -0.190. The van der Waals surface area contributed by atoms with Gasteiger partial charge in [-0.2, -0.15) is 0 Å². The second-order valence-electron chi connectivity index (χ2n) is 8.53. The number of halogens is 1. The van der Waals surface area contributed by atoms with Crippen LogP contribution in [0.1, 0.15) is 28.1 Å². The Kier molecular flexibility index (Phi) is 7.82. The van der Waals surface area contributed by atoms with Gasteiger partial charge in [-0.1, -0.05) is 29.4 Å². The summed E-state index contributed by atoms with van der Waals surface area (Å²) in [5.41, 5.74) is 3.22. The number of carbonyl (C=O) groups excluding carboxylic acids is 1. The Morgan fingerprint density at radius 2 is 1.89 bits per heavy atom. The van der Waals surface area contributed by atoms with E-state index < -0.39 is 0 Å². The Hall–Kier alpha value is -3.65. The summed E-state index contributed by atoms with van der Waals surface area (Å²) < 4.78 is 30.5. The quantitative estimate of drug-likeness (QED) is 0.447. The van der Waals surface area contributed by atoms with Gasteiger partial charge in [-0.25, -0.2) is 4.39 Å². The van der Waals surface area contributed by atoms with Crippen LogP contribution in [0.15, 0.2) is 53.1 Å². The largest absolute Gasteiger partial charge is 0.493 e. The number of aromatic nitrogens is 1. The molecule has 7 nitrogen and oxygen atoms in total. The molecule has 0 atom stereocenters. The first kappa shape index (κ1) is 24.5. The van der Waals surface area contributed by atoms with Gasteiger partial charge in [0.15, 0.2) is 11.5 Å². The summed E-state index contributed by atoms with van der Waals surface area (Å²) >= 11 is 0. The van der Waals surface area contributed by atoms with Gasteiger partial charge >= 0.3 is 0 Å². The second-order valence-corrected chi connectivity index (χ2v) is 8.53. The zero-order valence-corrected chi connectivity index (χ0v) is 20.3. The normalized spacial score (nSPS) is 14.5. The van der Waals surface area contributed by atoms with Gasteiger partial charge in [-0.05, 0) is 43.7 Å². The number of carbonyl (C=O) groups is 1. The van der Waals surface area contributed by atoms with Gasteiger partial charge in [0.05, 0.1) is 18.4 Å². The molecule has 1 fully saturated rings. The molecule has 1 aliphatic rings. The van der Waals surface area contributed by atoms with Gasteiger partial charge < -0.3 is 18.9 Å². The van der Waals surface area contributed by atoms with E-state index >= 15 is 0 Å². The molecule has 2 heterocycles. The van der Waals surface area contributed by atoms with Gasteiger partial charge in [0.1, 0.15) is 18.2 Å². The van der Waals surface area contributed by atoms with Gasteiger partial charge in [-0.15, -0.1) is 0 Å². The van der Waals surface area contributed by atoms with Gasteiger partial charge in [0, 0.05) is 44.4 Å². The lowest BCUT2D eigenvalue weighted by molar-refractivity contribution is -0.127. The number of methoxy groups -OCH3 is 1. The summed E-state index contributed by atoms with van der Waals surface area (Å²) in [6, 6.07) is 12.3. The van der Waals surface area contributed by atoms with Crippen molar-refractivity contribution in [2.24, 2.45) is 0 Å². The molecule has 1 aliphatic heterocycles. The Labute approximate surface area is 204 Å². The molecule has 0 bridgehead atoms. The molecule has 2 aromatic carbocycles. The molecule has 0 spiro atoms. The molecule has 0 N–H and O–H groups in total. The second kappa shape index (κ2) is 11.2. The molecule has 0 radical (unpaired) electrons. The van der Waals surface area contributed by atoms with Crippen LogP contribution in [0.5, 0.6) is 11.5 Å². The number of piperazine rings is 1. The van der Waals surface area contributed by atoms with E-state index in [1.807, 2.05) is 43.0 Å². The fourth-order valence-electron chi connectivity index (χ4n) is 4.03. The number of benzene rings is 2. The lowest BCUT2D eigenvalue weighted by atomic mass is 10.1. The predicted molar refractivity (Wildman–Crippen MR) is 131 cm³/mol. The minimum absolute atomic E-state index is 0.0479. The number of ether oxygens (including phenoxy) is 2. The van der Waals surface area contributed by atoms with Crippen LogP contribution in [0, 0.1) is 19.7 Å². The molecule has 4 rings (SSSR count). The number of nitrogens with zero attached hydrogens (tertiary/aromatic N) is 3. The van der Waals surface area contributed by atoms with E-state index in [4.69, 9.17) is 14.0 Å². The first-order valence-electron chi connectivity index (χ1n) is 11.6. The van der Waals surface area contributed by atoms with E-state index in [9.17, 15) is 9.18 Å². The topological polar surface area (TPSA) is 68.0 Å². The van der Waals surface area contributed by atoms with Crippen molar-refractivity contribution in [3.63, 3.8) is 0 Å². The zero-order valence-electron chi connectivity index (χ0n) is 20.3. The summed E-state index contributed by atoms with van der Waals surface area (Å²) in [5.74, 6) is 1.67. The smallest absolute Gasteiger partial charge is 0.246 e. The summed E-state index contributed by atoms with van der Waals surface area (Å²) in [6.45, 7) is 7.23. The van der Waals surface area contributed by atoms with Crippen LogP contribution in [-0.2, 0) is 17.9 Å². The fraction of sp³-hybridized carbons (Fsp3) is 0.333. The van der Waals surface area contributed by atoms with E-state index in [-0.39, 0.29) is 11.7 Å². The van der Waals surface area contributed by atoms with Gasteiger partial charge in [0.2, 0.25) is 5.91 Å². The molecule has 0 saturated carbocycles. The van der Waals surface area contributed by atoms with E-state index in [1.54, 1.807) is 31.4 Å². The zero-order chi connectivity index (χ0) is 24.8. The third-order valence-electron chi connectivity index (χ3n) is 6.20. The van der Waals surface area contributed by atoms with Crippen molar-refractivity contribution < 1.29 is 23.2 Å². The maximum atomic E-state index is 13.9. The average molecular weight is 480 g/mol. The lowest BCUT2D eigenvalue weighted by Gasteiger charge is -2.34. The molecule has 1 saturated heterocycles. The first-order chi connectivity index (χ1) is 16.9. The van der Waals surface area contributed by atoms with Crippen molar-refractivity contribution in [1.82, 2.24) is 15.0 Å². The molecule has 1 aromatic heterocycles. The number of hydrogen-bond acceptors (Lipinski definition) is 6. The fourth-order valence-corrected chi connectivity index (χ4v) is 4.03. The molecule has 8 heteroatoms. The van der Waals surface area contributed by atoms with Crippen molar-refractivity contribution in [3.05, 3.63) is 82.5 Å². The molecule has 0 aliphatic carbocycles. The van der Waals surface area contributed by atoms with Crippen molar-refractivity contribution in [1.29, 1.82) is 0 Å². The van der Waals surface area contributed by atoms with Gasteiger partial charge in [-0.3, -0.25) is 9.69 Å². The van der Waals surface area contributed by atoms with Crippen molar-refractivity contribution in [2.75, 3.05) is 33.3 Å². The lowest BCUT2D eigenvalue weighted by Crippen LogP contribution is -2.47. The predicted octanol–water partition coefficient (Wildman–Crippen LogP) is 4.38. The minimum Gasteiger partial charge on any atom is -0.493 e. The summed E-state index contributed by atoms with van der Waals surface area (Å²) in [6.07, 6.45) is 3.35. The average Bonchev–Trinajstić information content (AvgIpc) is 3.20. The third kappa shape index (κ3) is 6.08. The van der Waals surface area contributed by atoms with Crippen molar-refractivity contribution in [3.8, 4) is 11.5 Å². The molecule has 35 heavy (non-hydrogen) atoms. The van der Waals surface area contributed by atoms with E-state index in [1.165, 1.54) is 6.07 Å². The SMILES string of the molecule is COc1cc(C=CC(=O)N2CCN(Cc3ccccc3F)CC2)ccc1OCc1c(C)noc1C. The maximum absolute atomic E-state index is 13.9. The van der Waals surface area contributed by atoms with Crippen LogP contribution in [-0.4, -0.2) is 54.2 Å². The summed E-state index contributed by atoms with van der Waals surface area (Å²) in [7, 11) is 1.58.